The van der Waals surface area contributed by atoms with Crippen LogP contribution >= 0.6 is 8.15 Å². The third-order valence-corrected chi connectivity index (χ3v) is 7.27. The molecule has 6 heteroatoms. The van der Waals surface area contributed by atoms with Gasteiger partial charge >= 0.3 is 0 Å². The van der Waals surface area contributed by atoms with Gasteiger partial charge < -0.3 is 18.9 Å². The fourth-order valence-electron chi connectivity index (χ4n) is 4.00. The maximum absolute atomic E-state index is 12.4. The average molecular weight is 477 g/mol. The molecule has 0 rings (SSSR count). The lowest BCUT2D eigenvalue weighted by Gasteiger charge is -2.27. The van der Waals surface area contributed by atoms with Crippen LogP contribution in [0.1, 0.15) is 104 Å². The van der Waals surface area contributed by atoms with E-state index in [1.807, 2.05) is 28.1 Å². The van der Waals surface area contributed by atoms with Crippen LogP contribution < -0.4 is 0 Å². The van der Waals surface area contributed by atoms with Gasteiger partial charge in [0.05, 0.1) is 27.7 Å². The Morgan fingerprint density at radius 2 is 1.38 bits per heavy atom. The fourth-order valence-corrected chi connectivity index (χ4v) is 5.42. The normalized spacial score (nSPS) is 15.0. The molecule has 0 radical (unpaired) electrons. The van der Waals surface area contributed by atoms with E-state index in [0.717, 1.165) is 6.42 Å². The zero-order valence-electron chi connectivity index (χ0n) is 22.2. The molecule has 5 nitrogen and oxygen atoms in total. The van der Waals surface area contributed by atoms with Crippen molar-refractivity contribution >= 4 is 13.7 Å². The molecule has 3 unspecified atom stereocenters. The first-order valence-corrected chi connectivity index (χ1v) is 14.6. The van der Waals surface area contributed by atoms with Crippen LogP contribution in [0.5, 0.6) is 0 Å². The Kier molecular flexibility index (Phi) is 20.3. The fraction of sp³-hybridized carbons (Fsp3) is 0.962. The van der Waals surface area contributed by atoms with Gasteiger partial charge in [-0.2, -0.15) is 0 Å². The molecule has 0 bridgehead atoms. The van der Waals surface area contributed by atoms with Gasteiger partial charge in [0.1, 0.15) is 20.5 Å². The van der Waals surface area contributed by atoms with Crippen molar-refractivity contribution in [3.63, 3.8) is 0 Å². The number of likely N-dealkylation sites (N-methyl/N-ethyl adjacent to an activating group) is 1. The van der Waals surface area contributed by atoms with Crippen molar-refractivity contribution in [2.75, 3.05) is 47.5 Å². The summed E-state index contributed by atoms with van der Waals surface area (Å²) >= 11 is 0. The molecule has 0 spiro atoms. The number of quaternary nitrogens is 1. The zero-order valence-corrected chi connectivity index (χ0v) is 23.1. The molecule has 0 saturated carbocycles. The number of carbonyl (C=O) groups excluding carboxylic acids is 1. The summed E-state index contributed by atoms with van der Waals surface area (Å²) in [5.41, 5.74) is -0.120. The van der Waals surface area contributed by atoms with E-state index in [0.29, 0.717) is 36.8 Å². The summed E-state index contributed by atoms with van der Waals surface area (Å²) in [6.45, 7) is 8.17. The lowest BCUT2D eigenvalue weighted by Crippen LogP contribution is -2.40. The second kappa shape index (κ2) is 20.3. The van der Waals surface area contributed by atoms with Crippen LogP contribution in [0.25, 0.3) is 0 Å². The van der Waals surface area contributed by atoms with Crippen LogP contribution in [-0.4, -0.2) is 68.3 Å². The monoisotopic (exact) mass is 476 g/mol. The maximum atomic E-state index is 12.4. The SMILES string of the molecule is CCCCCCCCCCCCC(CCC)COCC(OCC)P(O)C(=O)C[N+](C)(C)C. The summed E-state index contributed by atoms with van der Waals surface area (Å²) in [5.74, 6) is 0.0387. The average Bonchev–Trinajstić information content (AvgIpc) is 2.72. The minimum absolute atomic E-state index is 0.120. The van der Waals surface area contributed by atoms with Gasteiger partial charge in [-0.25, -0.2) is 0 Å². The summed E-state index contributed by atoms with van der Waals surface area (Å²) in [4.78, 5) is 23.0. The van der Waals surface area contributed by atoms with E-state index < -0.39 is 14.0 Å². The molecule has 0 saturated heterocycles. The van der Waals surface area contributed by atoms with Crippen molar-refractivity contribution in [2.24, 2.45) is 5.92 Å². The Bertz CT molecular complexity index is 442. The van der Waals surface area contributed by atoms with Crippen molar-refractivity contribution in [3.8, 4) is 0 Å². The molecule has 0 aliphatic rings. The third kappa shape index (κ3) is 18.4. The Morgan fingerprint density at radius 3 is 1.88 bits per heavy atom. The van der Waals surface area contributed by atoms with E-state index >= 15 is 0 Å². The van der Waals surface area contributed by atoms with Crippen LogP contribution in [-0.2, 0) is 14.3 Å². The van der Waals surface area contributed by atoms with Crippen LogP contribution in [0, 0.1) is 5.92 Å². The summed E-state index contributed by atoms with van der Waals surface area (Å²) < 4.78 is 12.2. The smallest absolute Gasteiger partial charge is 0.237 e. The largest absolute Gasteiger partial charge is 0.378 e. The van der Waals surface area contributed by atoms with Gasteiger partial charge in [-0.05, 0) is 25.7 Å². The Labute approximate surface area is 201 Å². The zero-order chi connectivity index (χ0) is 24.2. The molecule has 0 aliphatic carbocycles. The topological polar surface area (TPSA) is 55.8 Å². The lowest BCUT2D eigenvalue weighted by atomic mass is 9.96. The molecule has 1 N–H and O–H groups in total. The number of hydrogen-bond acceptors (Lipinski definition) is 4. The lowest BCUT2D eigenvalue weighted by molar-refractivity contribution is -0.861. The molecular formula is C26H55NO4P+. The molecule has 0 amide bonds. The molecular weight excluding hydrogens is 421 g/mol. The Hall–Kier alpha value is -0.0600. The van der Waals surface area contributed by atoms with Crippen LogP contribution in [0.15, 0.2) is 0 Å². The van der Waals surface area contributed by atoms with Gasteiger partial charge in [0.25, 0.3) is 0 Å². The van der Waals surface area contributed by atoms with Crippen molar-refractivity contribution in [2.45, 2.75) is 110 Å². The van der Waals surface area contributed by atoms with Gasteiger partial charge in [-0.1, -0.05) is 84.5 Å². The molecule has 0 aromatic rings. The molecule has 0 aliphatic heterocycles. The van der Waals surface area contributed by atoms with Gasteiger partial charge in [-0.15, -0.1) is 0 Å². The van der Waals surface area contributed by atoms with Gasteiger partial charge in [0, 0.05) is 13.2 Å². The van der Waals surface area contributed by atoms with E-state index in [-0.39, 0.29) is 5.52 Å². The number of carbonyl (C=O) groups is 1. The minimum atomic E-state index is -1.84. The van der Waals surface area contributed by atoms with E-state index in [2.05, 4.69) is 13.8 Å². The third-order valence-electron chi connectivity index (χ3n) is 5.77. The highest BCUT2D eigenvalue weighted by atomic mass is 31.1. The van der Waals surface area contributed by atoms with Gasteiger partial charge in [0.2, 0.25) is 5.52 Å². The summed E-state index contributed by atoms with van der Waals surface area (Å²) in [6, 6.07) is 0. The van der Waals surface area contributed by atoms with E-state index in [1.165, 1.54) is 77.0 Å². The number of unbranched alkanes of at least 4 members (excludes halogenated alkanes) is 9. The highest BCUT2D eigenvalue weighted by Crippen LogP contribution is 2.39. The highest BCUT2D eigenvalue weighted by molar-refractivity contribution is 7.70. The van der Waals surface area contributed by atoms with Gasteiger partial charge in [-0.3, -0.25) is 4.79 Å². The quantitative estimate of drug-likeness (QED) is 0.101. The molecule has 3 atom stereocenters. The number of ether oxygens (including phenoxy) is 2. The van der Waals surface area contributed by atoms with Gasteiger partial charge in [0.15, 0.2) is 0 Å². The number of hydrogen-bond donors (Lipinski definition) is 1. The predicted molar refractivity (Wildman–Crippen MR) is 138 cm³/mol. The predicted octanol–water partition coefficient (Wildman–Crippen LogP) is 6.71. The van der Waals surface area contributed by atoms with Crippen LogP contribution in [0.3, 0.4) is 0 Å². The van der Waals surface area contributed by atoms with E-state index in [1.54, 1.807) is 0 Å². The number of rotatable bonds is 23. The second-order valence-electron chi connectivity index (χ2n) is 10.3. The minimum Gasteiger partial charge on any atom is -0.378 e. The van der Waals surface area contributed by atoms with Crippen LogP contribution in [0.2, 0.25) is 0 Å². The Morgan fingerprint density at radius 1 is 0.812 bits per heavy atom. The first-order chi connectivity index (χ1) is 15.2. The summed E-state index contributed by atoms with van der Waals surface area (Å²) in [6.07, 6.45) is 17.2. The molecule has 0 heterocycles. The maximum Gasteiger partial charge on any atom is 0.237 e. The van der Waals surface area contributed by atoms with E-state index in [9.17, 15) is 9.69 Å². The van der Waals surface area contributed by atoms with Crippen molar-refractivity contribution in [1.82, 2.24) is 0 Å². The molecule has 0 fully saturated rings. The first kappa shape index (κ1) is 31.9. The Balaban J connectivity index is 4.17. The van der Waals surface area contributed by atoms with E-state index in [4.69, 9.17) is 9.47 Å². The number of nitrogens with zero attached hydrogens (tertiary/aromatic N) is 1. The second-order valence-corrected chi connectivity index (χ2v) is 12.0. The van der Waals surface area contributed by atoms with Crippen molar-refractivity contribution < 1.29 is 23.6 Å². The molecule has 0 aromatic carbocycles. The van der Waals surface area contributed by atoms with Crippen LogP contribution in [0.4, 0.5) is 0 Å². The van der Waals surface area contributed by atoms with Crippen molar-refractivity contribution in [1.29, 1.82) is 0 Å². The molecule has 192 valence electrons. The molecule has 0 aromatic heterocycles. The highest BCUT2D eigenvalue weighted by Gasteiger charge is 2.31. The molecule has 32 heavy (non-hydrogen) atoms. The summed E-state index contributed by atoms with van der Waals surface area (Å²) in [5, 5.41) is 0. The summed E-state index contributed by atoms with van der Waals surface area (Å²) in [7, 11) is 4.02. The van der Waals surface area contributed by atoms with Crippen molar-refractivity contribution in [3.05, 3.63) is 0 Å². The first-order valence-electron chi connectivity index (χ1n) is 13.3. The standard InChI is InChI=1S/C26H55NO4P/c1-7-10-11-12-13-14-15-16-17-18-20-24(19-8-2)22-30-23-26(31-9-3)32(29)25(28)21-27(4,5)6/h24,26,29H,7-23H2,1-6H3/q+1.